The number of carboxylic acid groups (broad SMARTS) is 1. The summed E-state index contributed by atoms with van der Waals surface area (Å²) >= 11 is 0. The summed E-state index contributed by atoms with van der Waals surface area (Å²) in [5.41, 5.74) is 5.23. The van der Waals surface area contributed by atoms with Crippen molar-refractivity contribution in [1.82, 2.24) is 5.32 Å². The van der Waals surface area contributed by atoms with E-state index in [9.17, 15) is 4.79 Å². The molecule has 0 amide bonds. The first-order chi connectivity index (χ1) is 4.70. The fraction of sp³-hybridized carbons (Fsp3) is 0.833. The highest BCUT2D eigenvalue weighted by Crippen LogP contribution is 2.18. The number of hydrogen-bond donors (Lipinski definition) is 3. The molecule has 1 fully saturated rings. The number of nitrogens with two attached hydrogens (primary N) is 1. The lowest BCUT2D eigenvalue weighted by molar-refractivity contribution is -0.138. The van der Waals surface area contributed by atoms with Crippen LogP contribution in [0.5, 0.6) is 0 Å². The molecule has 1 saturated carbocycles. The first-order valence-corrected chi connectivity index (χ1v) is 3.42. The van der Waals surface area contributed by atoms with E-state index in [0.717, 1.165) is 12.8 Å². The van der Waals surface area contributed by atoms with Gasteiger partial charge in [-0.2, -0.15) is 0 Å². The minimum Gasteiger partial charge on any atom is -0.480 e. The largest absolute Gasteiger partial charge is 0.480 e. The van der Waals surface area contributed by atoms with Crippen LogP contribution >= 0.6 is 0 Å². The summed E-state index contributed by atoms with van der Waals surface area (Å²) < 4.78 is 0. The molecule has 0 spiro atoms. The van der Waals surface area contributed by atoms with Crippen LogP contribution < -0.4 is 11.1 Å². The molecule has 1 aliphatic rings. The van der Waals surface area contributed by atoms with Gasteiger partial charge in [-0.05, 0) is 12.8 Å². The molecule has 4 nitrogen and oxygen atoms in total. The van der Waals surface area contributed by atoms with E-state index in [2.05, 4.69) is 5.32 Å². The summed E-state index contributed by atoms with van der Waals surface area (Å²) in [5, 5.41) is 11.4. The van der Waals surface area contributed by atoms with Crippen LogP contribution in [0.2, 0.25) is 0 Å². The van der Waals surface area contributed by atoms with Gasteiger partial charge in [-0.3, -0.25) is 4.79 Å². The monoisotopic (exact) mass is 144 g/mol. The molecular formula is C6H12N2O2. The Bertz CT molecular complexity index is 134. The van der Waals surface area contributed by atoms with Crippen molar-refractivity contribution < 1.29 is 9.90 Å². The molecule has 4 N–H and O–H groups in total. The summed E-state index contributed by atoms with van der Waals surface area (Å²) in [6, 6.07) is -0.217. The second-order valence-electron chi connectivity index (χ2n) is 2.63. The van der Waals surface area contributed by atoms with Crippen molar-refractivity contribution in [2.75, 3.05) is 6.54 Å². The van der Waals surface area contributed by atoms with Gasteiger partial charge >= 0.3 is 5.97 Å². The molecule has 0 saturated heterocycles. The van der Waals surface area contributed by atoms with Crippen LogP contribution in [0.15, 0.2) is 0 Å². The topological polar surface area (TPSA) is 75.3 Å². The predicted octanol–water partition coefficient (Wildman–Crippen LogP) is -0.850. The summed E-state index contributed by atoms with van der Waals surface area (Å²) in [4.78, 5) is 10.2. The predicted molar refractivity (Wildman–Crippen MR) is 36.6 cm³/mol. The number of hydrogen-bond acceptors (Lipinski definition) is 3. The van der Waals surface area contributed by atoms with Crippen LogP contribution in [0.25, 0.3) is 0 Å². The molecule has 58 valence electrons. The van der Waals surface area contributed by atoms with Crippen LogP contribution in [0, 0.1) is 0 Å². The van der Waals surface area contributed by atoms with Crippen LogP contribution in [0.1, 0.15) is 12.8 Å². The average Bonchev–Trinajstić information content (AvgIpc) is 2.64. The second kappa shape index (κ2) is 2.98. The average molecular weight is 144 g/mol. The van der Waals surface area contributed by atoms with E-state index in [0.29, 0.717) is 12.6 Å². The Morgan fingerprint density at radius 3 is 2.80 bits per heavy atom. The maximum atomic E-state index is 10.2. The molecule has 10 heavy (non-hydrogen) atoms. The Kier molecular flexibility index (Phi) is 2.24. The fourth-order valence-electron chi connectivity index (χ4n) is 0.668. The molecule has 0 unspecified atom stereocenters. The van der Waals surface area contributed by atoms with Crippen LogP contribution in [0.3, 0.4) is 0 Å². The van der Waals surface area contributed by atoms with Gasteiger partial charge in [-0.25, -0.2) is 0 Å². The normalized spacial score (nSPS) is 20.5. The lowest BCUT2D eigenvalue weighted by Crippen LogP contribution is -2.40. The molecule has 1 rings (SSSR count). The van der Waals surface area contributed by atoms with Gasteiger partial charge in [0.1, 0.15) is 6.04 Å². The van der Waals surface area contributed by atoms with Crippen molar-refractivity contribution in [3.63, 3.8) is 0 Å². The molecule has 1 atom stereocenters. The molecule has 0 bridgehead atoms. The van der Waals surface area contributed by atoms with E-state index in [4.69, 9.17) is 10.8 Å². The van der Waals surface area contributed by atoms with Gasteiger partial charge in [0.15, 0.2) is 0 Å². The first-order valence-electron chi connectivity index (χ1n) is 3.42. The van der Waals surface area contributed by atoms with Crippen molar-refractivity contribution >= 4 is 5.97 Å². The van der Waals surface area contributed by atoms with E-state index in [1.807, 2.05) is 0 Å². The summed E-state index contributed by atoms with van der Waals surface area (Å²) in [6.07, 6.45) is 2.32. The van der Waals surface area contributed by atoms with Gasteiger partial charge in [0, 0.05) is 12.6 Å². The quantitative estimate of drug-likeness (QED) is 0.480. The van der Waals surface area contributed by atoms with E-state index in [-0.39, 0.29) is 0 Å². The zero-order valence-electron chi connectivity index (χ0n) is 5.71. The minimum atomic E-state index is -0.937. The van der Waals surface area contributed by atoms with Crippen LogP contribution in [0.4, 0.5) is 0 Å². The van der Waals surface area contributed by atoms with Gasteiger partial charge in [-0.15, -0.1) is 0 Å². The summed E-state index contributed by atoms with van der Waals surface area (Å²) in [7, 11) is 0. The molecular weight excluding hydrogens is 132 g/mol. The van der Waals surface area contributed by atoms with Gasteiger partial charge in [-0.1, -0.05) is 0 Å². The van der Waals surface area contributed by atoms with Gasteiger partial charge in [0.2, 0.25) is 0 Å². The third-order valence-corrected chi connectivity index (χ3v) is 1.52. The summed E-state index contributed by atoms with van der Waals surface area (Å²) in [5.74, 6) is -0.937. The minimum absolute atomic E-state index is 0.389. The van der Waals surface area contributed by atoms with Crippen LogP contribution in [-0.4, -0.2) is 29.7 Å². The Morgan fingerprint density at radius 2 is 2.40 bits per heavy atom. The molecule has 0 heterocycles. The molecule has 0 aromatic carbocycles. The third kappa shape index (κ3) is 2.33. The number of nitrogens with one attached hydrogen (secondary N) is 1. The molecule has 0 aromatic rings. The zero-order valence-corrected chi connectivity index (χ0v) is 5.71. The first kappa shape index (κ1) is 7.50. The third-order valence-electron chi connectivity index (χ3n) is 1.52. The molecule has 0 aliphatic heterocycles. The van der Waals surface area contributed by atoms with Crippen molar-refractivity contribution in [2.24, 2.45) is 5.73 Å². The standard InChI is InChI=1S/C6H12N2O2/c7-5(6(9)10)3-8-4-1-2-4/h4-5,8H,1-3,7H2,(H,9,10)/t5-/m0/s1. The number of carboxylic acids is 1. The van der Waals surface area contributed by atoms with Crippen LogP contribution in [-0.2, 0) is 4.79 Å². The maximum absolute atomic E-state index is 10.2. The van der Waals surface area contributed by atoms with Gasteiger partial charge in [0.05, 0.1) is 0 Å². The number of aliphatic carboxylic acids is 1. The zero-order chi connectivity index (χ0) is 7.56. The Balaban J connectivity index is 2.05. The molecule has 4 heteroatoms. The lowest BCUT2D eigenvalue weighted by Gasteiger charge is -2.05. The number of carbonyl (C=O) groups is 1. The fourth-order valence-corrected chi connectivity index (χ4v) is 0.668. The summed E-state index contributed by atoms with van der Waals surface area (Å²) in [6.45, 7) is 0.389. The smallest absolute Gasteiger partial charge is 0.321 e. The highest BCUT2D eigenvalue weighted by Gasteiger charge is 2.22. The van der Waals surface area contributed by atoms with Crippen molar-refractivity contribution in [3.05, 3.63) is 0 Å². The molecule has 0 radical (unpaired) electrons. The highest BCUT2D eigenvalue weighted by molar-refractivity contribution is 5.73. The molecule has 0 aromatic heterocycles. The Labute approximate surface area is 59.4 Å². The molecule has 1 aliphatic carbocycles. The van der Waals surface area contributed by atoms with Crippen molar-refractivity contribution in [3.8, 4) is 0 Å². The van der Waals surface area contributed by atoms with E-state index < -0.39 is 12.0 Å². The Morgan fingerprint density at radius 1 is 1.80 bits per heavy atom. The SMILES string of the molecule is N[C@@H](CNC1CC1)C(=O)O. The second-order valence-corrected chi connectivity index (χ2v) is 2.63. The van der Waals surface area contributed by atoms with Gasteiger partial charge in [0.25, 0.3) is 0 Å². The van der Waals surface area contributed by atoms with Crippen molar-refractivity contribution in [2.45, 2.75) is 24.9 Å². The number of rotatable bonds is 4. The van der Waals surface area contributed by atoms with Gasteiger partial charge < -0.3 is 16.2 Å². The lowest BCUT2D eigenvalue weighted by atomic mass is 10.3. The van der Waals surface area contributed by atoms with E-state index >= 15 is 0 Å². The van der Waals surface area contributed by atoms with Crippen molar-refractivity contribution in [1.29, 1.82) is 0 Å². The van der Waals surface area contributed by atoms with E-state index in [1.54, 1.807) is 0 Å². The van der Waals surface area contributed by atoms with E-state index in [1.165, 1.54) is 0 Å². The Hall–Kier alpha value is -0.610. The maximum Gasteiger partial charge on any atom is 0.321 e. The highest BCUT2D eigenvalue weighted by atomic mass is 16.4.